The van der Waals surface area contributed by atoms with Crippen molar-refractivity contribution in [1.29, 1.82) is 0 Å². The lowest BCUT2D eigenvalue weighted by Gasteiger charge is -2.16. The lowest BCUT2D eigenvalue weighted by Crippen LogP contribution is -2.24. The molecule has 3 heteroatoms. The zero-order valence-corrected chi connectivity index (χ0v) is 12.3. The van der Waals surface area contributed by atoms with Crippen molar-refractivity contribution in [3.63, 3.8) is 0 Å². The maximum atomic E-state index is 11.3. The Bertz CT molecular complexity index is 444. The summed E-state index contributed by atoms with van der Waals surface area (Å²) in [6.45, 7) is 5.17. The van der Waals surface area contributed by atoms with Gasteiger partial charge in [0.25, 0.3) is 0 Å². The van der Waals surface area contributed by atoms with Crippen molar-refractivity contribution in [3.05, 3.63) is 34.9 Å². The van der Waals surface area contributed by atoms with Crippen molar-refractivity contribution in [3.8, 4) is 0 Å². The van der Waals surface area contributed by atoms with Crippen molar-refractivity contribution in [2.45, 2.75) is 44.4 Å². The molecule has 0 saturated carbocycles. The van der Waals surface area contributed by atoms with E-state index in [0.29, 0.717) is 6.04 Å². The van der Waals surface area contributed by atoms with E-state index in [1.165, 1.54) is 29.5 Å². The Morgan fingerprint density at radius 2 is 2.28 bits per heavy atom. The maximum Gasteiger partial charge on any atom is 0.0329 e. The van der Waals surface area contributed by atoms with Gasteiger partial charge in [-0.1, -0.05) is 30.7 Å². The molecule has 0 amide bonds. The number of hydrogen-bond donors (Lipinski definition) is 1. The molecule has 0 saturated heterocycles. The Balaban J connectivity index is 1.90. The Labute approximate surface area is 113 Å². The van der Waals surface area contributed by atoms with Crippen LogP contribution in [0.1, 0.15) is 42.5 Å². The molecule has 100 valence electrons. The average Bonchev–Trinajstić information content (AvgIpc) is 2.71. The van der Waals surface area contributed by atoms with Gasteiger partial charge in [0.15, 0.2) is 0 Å². The molecular formula is C15H23NOS. The van der Waals surface area contributed by atoms with Crippen LogP contribution >= 0.6 is 0 Å². The molecule has 0 bridgehead atoms. The third-order valence-electron chi connectivity index (χ3n) is 3.89. The fourth-order valence-corrected chi connectivity index (χ4v) is 3.01. The number of rotatable bonds is 5. The molecule has 1 aliphatic carbocycles. The average molecular weight is 265 g/mol. The fourth-order valence-electron chi connectivity index (χ4n) is 2.56. The number of aryl methyl sites for hydroxylation is 2. The molecular weight excluding hydrogens is 242 g/mol. The Kier molecular flexibility index (Phi) is 4.57. The molecule has 3 atom stereocenters. The summed E-state index contributed by atoms with van der Waals surface area (Å²) in [5.41, 5.74) is 4.30. The second-order valence-electron chi connectivity index (χ2n) is 5.35. The molecule has 0 fully saturated rings. The van der Waals surface area contributed by atoms with Crippen LogP contribution in [0.5, 0.6) is 0 Å². The first-order valence-electron chi connectivity index (χ1n) is 6.73. The SMILES string of the molecule is Cc1ccc2c(c1)C(NCCC(C)S(C)=O)CC2. The van der Waals surface area contributed by atoms with Crippen LogP contribution in [0.25, 0.3) is 0 Å². The summed E-state index contributed by atoms with van der Waals surface area (Å²) in [4.78, 5) is 0. The van der Waals surface area contributed by atoms with E-state index in [4.69, 9.17) is 0 Å². The van der Waals surface area contributed by atoms with Gasteiger partial charge in [-0.25, -0.2) is 0 Å². The standard InChI is InChI=1S/C15H23NOS/c1-11-4-5-13-6-7-15(14(13)10-11)16-9-8-12(2)18(3)17/h4-5,10,12,15-16H,6-9H2,1-3H3. The summed E-state index contributed by atoms with van der Waals surface area (Å²) in [5.74, 6) is 0. The van der Waals surface area contributed by atoms with E-state index in [1.54, 1.807) is 6.26 Å². The molecule has 3 unspecified atom stereocenters. The number of benzene rings is 1. The molecule has 1 N–H and O–H groups in total. The number of hydrogen-bond acceptors (Lipinski definition) is 2. The lowest BCUT2D eigenvalue weighted by molar-refractivity contribution is 0.518. The quantitative estimate of drug-likeness (QED) is 0.887. The van der Waals surface area contributed by atoms with Crippen LogP contribution in [0.2, 0.25) is 0 Å². The highest BCUT2D eigenvalue weighted by Gasteiger charge is 2.21. The van der Waals surface area contributed by atoms with Gasteiger partial charge in [-0.05, 0) is 43.9 Å². The highest BCUT2D eigenvalue weighted by molar-refractivity contribution is 7.84. The molecule has 2 nitrogen and oxygen atoms in total. The predicted octanol–water partition coefficient (Wildman–Crippen LogP) is 2.73. The first kappa shape index (κ1) is 13.8. The molecule has 0 radical (unpaired) electrons. The van der Waals surface area contributed by atoms with Gasteiger partial charge in [-0.3, -0.25) is 4.21 Å². The Hall–Kier alpha value is -0.670. The smallest absolute Gasteiger partial charge is 0.0329 e. The van der Waals surface area contributed by atoms with E-state index in [-0.39, 0.29) is 5.25 Å². The monoisotopic (exact) mass is 265 g/mol. The van der Waals surface area contributed by atoms with Gasteiger partial charge in [0.05, 0.1) is 0 Å². The van der Waals surface area contributed by atoms with Crippen LogP contribution in [-0.4, -0.2) is 22.3 Å². The topological polar surface area (TPSA) is 29.1 Å². The van der Waals surface area contributed by atoms with Gasteiger partial charge in [0, 0.05) is 28.3 Å². The van der Waals surface area contributed by atoms with Crippen LogP contribution in [0.3, 0.4) is 0 Å². The first-order chi connectivity index (χ1) is 8.58. The van der Waals surface area contributed by atoms with Crippen molar-refractivity contribution < 1.29 is 4.21 Å². The Morgan fingerprint density at radius 1 is 1.50 bits per heavy atom. The minimum Gasteiger partial charge on any atom is -0.310 e. The first-order valence-corrected chi connectivity index (χ1v) is 8.35. The van der Waals surface area contributed by atoms with Gasteiger partial charge in [0.1, 0.15) is 0 Å². The zero-order chi connectivity index (χ0) is 13.1. The van der Waals surface area contributed by atoms with Crippen LogP contribution in [0.4, 0.5) is 0 Å². The highest BCUT2D eigenvalue weighted by atomic mass is 32.2. The Morgan fingerprint density at radius 3 is 3.00 bits per heavy atom. The van der Waals surface area contributed by atoms with Gasteiger partial charge in [-0.15, -0.1) is 0 Å². The van der Waals surface area contributed by atoms with Crippen LogP contribution in [-0.2, 0) is 17.2 Å². The minimum absolute atomic E-state index is 0.288. The lowest BCUT2D eigenvalue weighted by atomic mass is 10.1. The summed E-state index contributed by atoms with van der Waals surface area (Å²) in [7, 11) is -0.702. The van der Waals surface area contributed by atoms with Gasteiger partial charge in [0.2, 0.25) is 0 Å². The second-order valence-corrected chi connectivity index (χ2v) is 7.15. The third kappa shape index (κ3) is 3.21. The normalized spacial score (nSPS) is 21.6. The van der Waals surface area contributed by atoms with Crippen LogP contribution in [0, 0.1) is 6.92 Å². The van der Waals surface area contributed by atoms with Gasteiger partial charge in [-0.2, -0.15) is 0 Å². The number of fused-ring (bicyclic) bond motifs is 1. The molecule has 1 aliphatic rings. The van der Waals surface area contributed by atoms with E-state index in [9.17, 15) is 4.21 Å². The van der Waals surface area contributed by atoms with E-state index in [0.717, 1.165) is 13.0 Å². The highest BCUT2D eigenvalue weighted by Crippen LogP contribution is 2.31. The molecule has 1 aromatic rings. The van der Waals surface area contributed by atoms with E-state index < -0.39 is 10.8 Å². The molecule has 0 heterocycles. The largest absolute Gasteiger partial charge is 0.310 e. The summed E-state index contributed by atoms with van der Waals surface area (Å²) < 4.78 is 11.3. The summed E-state index contributed by atoms with van der Waals surface area (Å²) in [5, 5.41) is 3.90. The maximum absolute atomic E-state index is 11.3. The molecule has 0 spiro atoms. The zero-order valence-electron chi connectivity index (χ0n) is 11.5. The molecule has 0 aromatic heterocycles. The molecule has 18 heavy (non-hydrogen) atoms. The fraction of sp³-hybridized carbons (Fsp3) is 0.600. The summed E-state index contributed by atoms with van der Waals surface area (Å²) >= 11 is 0. The van der Waals surface area contributed by atoms with Gasteiger partial charge < -0.3 is 5.32 Å². The van der Waals surface area contributed by atoms with Crippen molar-refractivity contribution >= 4 is 10.8 Å². The van der Waals surface area contributed by atoms with Gasteiger partial charge >= 0.3 is 0 Å². The number of nitrogens with one attached hydrogen (secondary N) is 1. The molecule has 1 aromatic carbocycles. The minimum atomic E-state index is -0.702. The second kappa shape index (κ2) is 5.98. The molecule has 0 aliphatic heterocycles. The van der Waals surface area contributed by atoms with E-state index in [2.05, 4.69) is 37.4 Å². The summed E-state index contributed by atoms with van der Waals surface area (Å²) in [6.07, 6.45) is 5.16. The van der Waals surface area contributed by atoms with Crippen LogP contribution < -0.4 is 5.32 Å². The van der Waals surface area contributed by atoms with E-state index in [1.807, 2.05) is 0 Å². The summed E-state index contributed by atoms with van der Waals surface area (Å²) in [6, 6.07) is 7.26. The van der Waals surface area contributed by atoms with E-state index >= 15 is 0 Å². The molecule has 2 rings (SSSR count). The third-order valence-corrected chi connectivity index (χ3v) is 5.26. The predicted molar refractivity (Wildman–Crippen MR) is 78.4 cm³/mol. The van der Waals surface area contributed by atoms with Crippen LogP contribution in [0.15, 0.2) is 18.2 Å². The van der Waals surface area contributed by atoms with Crippen molar-refractivity contribution in [1.82, 2.24) is 5.32 Å². The van der Waals surface area contributed by atoms with Crippen molar-refractivity contribution in [2.24, 2.45) is 0 Å². The van der Waals surface area contributed by atoms with Crippen molar-refractivity contribution in [2.75, 3.05) is 12.8 Å².